The van der Waals surface area contributed by atoms with Crippen LogP contribution < -0.4 is 0 Å². The van der Waals surface area contributed by atoms with E-state index in [-0.39, 0.29) is 6.42 Å². The Morgan fingerprint density at radius 3 is 2.61 bits per heavy atom. The number of aryl methyl sites for hydroxylation is 1. The van der Waals surface area contributed by atoms with Gasteiger partial charge >= 0.3 is 5.97 Å². The molecule has 2 N–H and O–H groups in total. The van der Waals surface area contributed by atoms with Crippen LogP contribution in [0, 0.1) is 6.92 Å². The highest BCUT2D eigenvalue weighted by Gasteiger charge is 2.12. The lowest BCUT2D eigenvalue weighted by Crippen LogP contribution is -2.03. The van der Waals surface area contributed by atoms with Crippen LogP contribution in [0.5, 0.6) is 0 Å². The van der Waals surface area contributed by atoms with Crippen molar-refractivity contribution in [1.29, 1.82) is 0 Å². The SMILES string of the molecule is CCCCC[C@H](O)/C=C/c1nn(CCCCCC=O)c(C)c1C/C=C\CCCC(=O)O. The lowest BCUT2D eigenvalue weighted by atomic mass is 10.1. The third kappa shape index (κ3) is 11.7. The van der Waals surface area contributed by atoms with Crippen LogP contribution in [-0.4, -0.2) is 38.4 Å². The Morgan fingerprint density at radius 1 is 1.10 bits per heavy atom. The number of allylic oxidation sites excluding steroid dienone is 2. The zero-order chi connectivity index (χ0) is 22.9. The first-order valence-corrected chi connectivity index (χ1v) is 11.7. The molecule has 1 rings (SSSR count). The van der Waals surface area contributed by atoms with Crippen molar-refractivity contribution in [2.24, 2.45) is 0 Å². The summed E-state index contributed by atoms with van der Waals surface area (Å²) in [7, 11) is 0. The van der Waals surface area contributed by atoms with Crippen molar-refractivity contribution in [2.75, 3.05) is 0 Å². The van der Waals surface area contributed by atoms with E-state index in [2.05, 4.69) is 19.9 Å². The maximum absolute atomic E-state index is 10.6. The summed E-state index contributed by atoms with van der Waals surface area (Å²) in [5.41, 5.74) is 3.14. The van der Waals surface area contributed by atoms with Gasteiger partial charge in [-0.2, -0.15) is 5.10 Å². The van der Waals surface area contributed by atoms with E-state index in [9.17, 15) is 14.7 Å². The largest absolute Gasteiger partial charge is 0.481 e. The minimum atomic E-state index is -0.761. The number of carboxylic acid groups (broad SMARTS) is 1. The van der Waals surface area contributed by atoms with Gasteiger partial charge in [-0.15, -0.1) is 0 Å². The van der Waals surface area contributed by atoms with E-state index in [4.69, 9.17) is 10.2 Å². The van der Waals surface area contributed by atoms with Crippen LogP contribution >= 0.6 is 0 Å². The molecule has 6 nitrogen and oxygen atoms in total. The summed E-state index contributed by atoms with van der Waals surface area (Å²) in [6, 6.07) is 0. The maximum Gasteiger partial charge on any atom is 0.303 e. The monoisotopic (exact) mass is 432 g/mol. The molecule has 31 heavy (non-hydrogen) atoms. The summed E-state index contributed by atoms with van der Waals surface area (Å²) >= 11 is 0. The second-order valence-electron chi connectivity index (χ2n) is 8.07. The van der Waals surface area contributed by atoms with Crippen LogP contribution in [0.4, 0.5) is 0 Å². The fourth-order valence-corrected chi connectivity index (χ4v) is 3.47. The minimum Gasteiger partial charge on any atom is -0.481 e. The highest BCUT2D eigenvalue weighted by atomic mass is 16.4. The van der Waals surface area contributed by atoms with Crippen molar-refractivity contribution in [1.82, 2.24) is 9.78 Å². The van der Waals surface area contributed by atoms with Gasteiger partial charge in [-0.1, -0.05) is 50.8 Å². The van der Waals surface area contributed by atoms with Crippen molar-refractivity contribution >= 4 is 18.3 Å². The van der Waals surface area contributed by atoms with Gasteiger partial charge in [-0.3, -0.25) is 9.48 Å². The molecule has 1 aromatic heterocycles. The summed E-state index contributed by atoms with van der Waals surface area (Å²) in [6.45, 7) is 5.03. The number of hydrogen-bond donors (Lipinski definition) is 2. The quantitative estimate of drug-likeness (QED) is 0.188. The number of carbonyl (C=O) groups excluding carboxylic acids is 1. The number of aldehydes is 1. The number of aliphatic hydroxyl groups is 1. The Morgan fingerprint density at radius 2 is 1.90 bits per heavy atom. The van der Waals surface area contributed by atoms with Crippen molar-refractivity contribution < 1.29 is 19.8 Å². The van der Waals surface area contributed by atoms with Gasteiger partial charge in [-0.05, 0) is 51.5 Å². The lowest BCUT2D eigenvalue weighted by molar-refractivity contribution is -0.137. The lowest BCUT2D eigenvalue weighted by Gasteiger charge is -2.04. The molecule has 0 aliphatic rings. The normalized spacial score (nSPS) is 12.7. The second kappa shape index (κ2) is 16.5. The van der Waals surface area contributed by atoms with Crippen LogP contribution in [0.15, 0.2) is 18.2 Å². The van der Waals surface area contributed by atoms with Crippen molar-refractivity contribution in [3.05, 3.63) is 35.2 Å². The van der Waals surface area contributed by atoms with E-state index in [0.29, 0.717) is 12.8 Å². The van der Waals surface area contributed by atoms with E-state index in [1.165, 1.54) is 0 Å². The first-order valence-electron chi connectivity index (χ1n) is 11.7. The summed E-state index contributed by atoms with van der Waals surface area (Å²) in [5, 5.41) is 23.7. The van der Waals surface area contributed by atoms with Crippen LogP contribution in [0.25, 0.3) is 6.08 Å². The van der Waals surface area contributed by atoms with Gasteiger partial charge in [0.2, 0.25) is 0 Å². The molecule has 0 radical (unpaired) electrons. The molecular weight excluding hydrogens is 392 g/mol. The maximum atomic E-state index is 10.6. The molecule has 1 aromatic rings. The van der Waals surface area contributed by atoms with E-state index >= 15 is 0 Å². The van der Waals surface area contributed by atoms with Gasteiger partial charge in [0, 0.05) is 30.6 Å². The molecular formula is C25H40N2O4. The number of hydrogen-bond acceptors (Lipinski definition) is 4. The van der Waals surface area contributed by atoms with Crippen molar-refractivity contribution in [2.45, 2.75) is 104 Å². The standard InChI is InChI=1S/C25H40N2O4/c1-3-4-9-14-22(29)17-18-24-23(15-10-5-6-11-16-25(30)31)21(2)27(26-24)19-12-7-8-13-20-28/h5,10,17-18,20,22,29H,3-4,6-9,11-16,19H2,1-2H3,(H,30,31)/b10-5-,18-17+/t22-/m0/s1. The van der Waals surface area contributed by atoms with E-state index in [1.54, 1.807) is 0 Å². The van der Waals surface area contributed by atoms with Crippen LogP contribution in [0.3, 0.4) is 0 Å². The average Bonchev–Trinajstić information content (AvgIpc) is 3.03. The number of rotatable bonds is 18. The second-order valence-corrected chi connectivity index (χ2v) is 8.07. The Balaban J connectivity index is 2.80. The predicted octanol–water partition coefficient (Wildman–Crippen LogP) is 5.26. The van der Waals surface area contributed by atoms with Gasteiger partial charge < -0.3 is 15.0 Å². The molecule has 0 aromatic carbocycles. The van der Waals surface area contributed by atoms with Gasteiger partial charge in [0.15, 0.2) is 0 Å². The molecule has 1 heterocycles. The molecule has 1 atom stereocenters. The summed E-state index contributed by atoms with van der Waals surface area (Å²) in [5.74, 6) is -0.761. The zero-order valence-corrected chi connectivity index (χ0v) is 19.3. The molecule has 0 aliphatic heterocycles. The van der Waals surface area contributed by atoms with E-state index in [1.807, 2.05) is 22.9 Å². The molecule has 0 bridgehead atoms. The molecule has 174 valence electrons. The molecule has 0 saturated carbocycles. The number of aliphatic carboxylic acids is 1. The summed E-state index contributed by atoms with van der Waals surface area (Å²) in [4.78, 5) is 21.1. The molecule has 6 heteroatoms. The van der Waals surface area contributed by atoms with Gasteiger partial charge in [0.25, 0.3) is 0 Å². The van der Waals surface area contributed by atoms with Gasteiger partial charge in [0.1, 0.15) is 6.29 Å². The zero-order valence-electron chi connectivity index (χ0n) is 19.3. The third-order valence-electron chi connectivity index (χ3n) is 5.38. The molecule has 0 saturated heterocycles. The predicted molar refractivity (Wildman–Crippen MR) is 125 cm³/mol. The van der Waals surface area contributed by atoms with Crippen LogP contribution in [-0.2, 0) is 22.6 Å². The minimum absolute atomic E-state index is 0.190. The number of unbranched alkanes of at least 4 members (excludes halogenated alkanes) is 6. The number of aromatic nitrogens is 2. The van der Waals surface area contributed by atoms with Crippen LogP contribution in [0.1, 0.15) is 94.5 Å². The molecule has 0 unspecified atom stereocenters. The van der Waals surface area contributed by atoms with Crippen LogP contribution in [0.2, 0.25) is 0 Å². The Hall–Kier alpha value is -2.21. The number of carboxylic acids is 1. The van der Waals surface area contributed by atoms with E-state index < -0.39 is 12.1 Å². The molecule has 0 aliphatic carbocycles. The summed E-state index contributed by atoms with van der Waals surface area (Å²) < 4.78 is 2.03. The van der Waals surface area contributed by atoms with Gasteiger partial charge in [0.05, 0.1) is 11.8 Å². The fourth-order valence-electron chi connectivity index (χ4n) is 3.47. The fraction of sp³-hybridized carbons (Fsp3) is 0.640. The van der Waals surface area contributed by atoms with Crippen molar-refractivity contribution in [3.8, 4) is 0 Å². The number of aliphatic hydroxyl groups excluding tert-OH is 1. The Labute approximate surface area is 187 Å². The molecule has 0 spiro atoms. The van der Waals surface area contributed by atoms with Crippen molar-refractivity contribution in [3.63, 3.8) is 0 Å². The highest BCUT2D eigenvalue weighted by molar-refractivity contribution is 5.66. The third-order valence-corrected chi connectivity index (χ3v) is 5.38. The number of nitrogens with zero attached hydrogens (tertiary/aromatic N) is 2. The smallest absolute Gasteiger partial charge is 0.303 e. The molecule has 0 amide bonds. The van der Waals surface area contributed by atoms with E-state index in [0.717, 1.165) is 87.6 Å². The van der Waals surface area contributed by atoms with Gasteiger partial charge in [-0.25, -0.2) is 0 Å². The first kappa shape index (κ1) is 26.8. The Bertz CT molecular complexity index is 707. The number of carbonyl (C=O) groups is 2. The Kier molecular flexibility index (Phi) is 14.3. The highest BCUT2D eigenvalue weighted by Crippen LogP contribution is 2.19. The first-order chi connectivity index (χ1) is 15.0. The average molecular weight is 433 g/mol. The summed E-state index contributed by atoms with van der Waals surface area (Å²) in [6.07, 6.45) is 18.2. The molecule has 0 fully saturated rings. The topological polar surface area (TPSA) is 92.4 Å².